The van der Waals surface area contributed by atoms with E-state index < -0.39 is 15.9 Å². The minimum absolute atomic E-state index is 0.0653. The van der Waals surface area contributed by atoms with Gasteiger partial charge in [-0.1, -0.05) is 17.7 Å². The molecule has 0 aliphatic carbocycles. The third-order valence-corrected chi connectivity index (χ3v) is 5.81. The van der Waals surface area contributed by atoms with Crippen molar-refractivity contribution in [1.29, 1.82) is 0 Å². The molecule has 0 unspecified atom stereocenters. The quantitative estimate of drug-likeness (QED) is 0.574. The lowest BCUT2D eigenvalue weighted by molar-refractivity contribution is 0.102. The molecular formula is C20H20N4O5S. The molecule has 10 heteroatoms. The summed E-state index contributed by atoms with van der Waals surface area (Å²) < 4.78 is 39.1. The van der Waals surface area contributed by atoms with Crippen molar-refractivity contribution in [3.63, 3.8) is 0 Å². The summed E-state index contributed by atoms with van der Waals surface area (Å²) in [6.07, 6.45) is 0. The topological polar surface area (TPSA) is 122 Å². The predicted molar refractivity (Wildman–Crippen MR) is 111 cm³/mol. The molecule has 156 valence electrons. The number of anilines is 2. The Kier molecular flexibility index (Phi) is 5.08. The van der Waals surface area contributed by atoms with Gasteiger partial charge < -0.3 is 14.8 Å². The van der Waals surface area contributed by atoms with Crippen LogP contribution in [0.1, 0.15) is 21.6 Å². The van der Waals surface area contributed by atoms with Gasteiger partial charge in [0.2, 0.25) is 5.03 Å². The van der Waals surface area contributed by atoms with Crippen molar-refractivity contribution in [2.24, 2.45) is 0 Å². The molecule has 2 heterocycles. The van der Waals surface area contributed by atoms with Gasteiger partial charge in [0.15, 0.2) is 11.5 Å². The number of benzene rings is 2. The molecule has 0 saturated carbocycles. The Morgan fingerprint density at radius 3 is 2.40 bits per heavy atom. The number of rotatable bonds is 5. The number of nitrogens with zero attached hydrogens (tertiary/aromatic N) is 1. The largest absolute Gasteiger partial charge is 0.486 e. The fraction of sp³-hybridized carbons (Fsp3) is 0.200. The van der Waals surface area contributed by atoms with Crippen molar-refractivity contribution in [2.45, 2.75) is 18.9 Å². The molecule has 0 spiro atoms. The van der Waals surface area contributed by atoms with E-state index >= 15 is 0 Å². The fourth-order valence-corrected chi connectivity index (χ4v) is 4.23. The molecule has 1 aromatic heterocycles. The lowest BCUT2D eigenvalue weighted by Gasteiger charge is -2.19. The molecule has 1 aliphatic rings. The monoisotopic (exact) mass is 428 g/mol. The van der Waals surface area contributed by atoms with Gasteiger partial charge in [0.1, 0.15) is 18.8 Å². The number of ether oxygens (including phenoxy) is 2. The molecule has 2 aromatic carbocycles. The van der Waals surface area contributed by atoms with Gasteiger partial charge in [0.25, 0.3) is 15.9 Å². The van der Waals surface area contributed by atoms with E-state index in [1.807, 2.05) is 6.92 Å². The van der Waals surface area contributed by atoms with Gasteiger partial charge in [0.05, 0.1) is 0 Å². The number of aromatic amines is 1. The van der Waals surface area contributed by atoms with E-state index in [1.165, 1.54) is 0 Å². The summed E-state index contributed by atoms with van der Waals surface area (Å²) >= 11 is 0. The first kappa shape index (κ1) is 19.8. The average Bonchev–Trinajstić information content (AvgIpc) is 3.12. The number of aryl methyl sites for hydroxylation is 2. The van der Waals surface area contributed by atoms with Crippen LogP contribution in [0.5, 0.6) is 11.5 Å². The van der Waals surface area contributed by atoms with Gasteiger partial charge in [-0.2, -0.15) is 13.5 Å². The Bertz CT molecular complexity index is 1200. The molecule has 0 radical (unpaired) electrons. The summed E-state index contributed by atoms with van der Waals surface area (Å²) in [6.45, 7) is 4.35. The highest BCUT2D eigenvalue weighted by molar-refractivity contribution is 7.92. The molecule has 0 atom stereocenters. The number of fused-ring (bicyclic) bond motifs is 1. The molecule has 0 saturated heterocycles. The minimum atomic E-state index is -4.09. The Hall–Kier alpha value is -3.53. The Morgan fingerprint density at radius 1 is 1.00 bits per heavy atom. The van der Waals surface area contributed by atoms with Crippen molar-refractivity contribution in [1.82, 2.24) is 10.2 Å². The standard InChI is InChI=1S/C20H20N4O5S/c1-12-3-5-14(6-4-12)24-30(26,27)20-18(13(2)22-23-20)19(25)21-15-7-8-16-17(11-15)29-10-9-28-16/h3-8,11,24H,9-10H2,1-2H3,(H,21,25)(H,22,23). The summed E-state index contributed by atoms with van der Waals surface area (Å²) in [4.78, 5) is 12.9. The van der Waals surface area contributed by atoms with Crippen LogP contribution in [0.3, 0.4) is 0 Å². The van der Waals surface area contributed by atoms with Crippen molar-refractivity contribution < 1.29 is 22.7 Å². The van der Waals surface area contributed by atoms with Gasteiger partial charge in [-0.15, -0.1) is 0 Å². The maximum atomic E-state index is 12.9. The summed E-state index contributed by atoms with van der Waals surface area (Å²) in [5.41, 5.74) is 2.08. The predicted octanol–water partition coefficient (Wildman–Crippen LogP) is 2.85. The highest BCUT2D eigenvalue weighted by atomic mass is 32.2. The first-order chi connectivity index (χ1) is 14.3. The van der Waals surface area contributed by atoms with E-state index in [-0.39, 0.29) is 10.6 Å². The third-order valence-electron chi connectivity index (χ3n) is 4.50. The molecule has 0 bridgehead atoms. The average molecular weight is 428 g/mol. The van der Waals surface area contributed by atoms with Crippen molar-refractivity contribution in [3.05, 3.63) is 59.3 Å². The number of aromatic nitrogens is 2. The lowest BCUT2D eigenvalue weighted by atomic mass is 10.2. The van der Waals surface area contributed by atoms with Gasteiger partial charge in [0, 0.05) is 23.1 Å². The van der Waals surface area contributed by atoms with Gasteiger partial charge >= 0.3 is 0 Å². The molecule has 3 N–H and O–H groups in total. The van der Waals surface area contributed by atoms with E-state index in [1.54, 1.807) is 49.4 Å². The van der Waals surface area contributed by atoms with Crippen LogP contribution in [0.15, 0.2) is 47.5 Å². The number of amides is 1. The summed E-state index contributed by atoms with van der Waals surface area (Å²) in [6, 6.07) is 11.8. The second-order valence-corrected chi connectivity index (χ2v) is 8.41. The smallest absolute Gasteiger partial charge is 0.282 e. The van der Waals surface area contributed by atoms with Crippen LogP contribution in [0.2, 0.25) is 0 Å². The maximum Gasteiger partial charge on any atom is 0.282 e. The molecule has 1 aliphatic heterocycles. The highest BCUT2D eigenvalue weighted by Crippen LogP contribution is 2.33. The second-order valence-electron chi connectivity index (χ2n) is 6.81. The number of sulfonamides is 1. The normalized spacial score (nSPS) is 13.0. The van der Waals surface area contributed by atoms with Crippen LogP contribution in [0.25, 0.3) is 0 Å². The van der Waals surface area contributed by atoms with Crippen LogP contribution < -0.4 is 19.5 Å². The third kappa shape index (κ3) is 3.94. The Labute approximate surface area is 173 Å². The van der Waals surface area contributed by atoms with Crippen LogP contribution in [0.4, 0.5) is 11.4 Å². The van der Waals surface area contributed by atoms with E-state index in [4.69, 9.17) is 9.47 Å². The molecule has 9 nitrogen and oxygen atoms in total. The Balaban J connectivity index is 1.60. The number of hydrogen-bond acceptors (Lipinski definition) is 6. The van der Waals surface area contributed by atoms with E-state index in [0.717, 1.165) is 5.56 Å². The zero-order valence-electron chi connectivity index (χ0n) is 16.4. The first-order valence-electron chi connectivity index (χ1n) is 9.19. The zero-order chi connectivity index (χ0) is 21.3. The van der Waals surface area contributed by atoms with Gasteiger partial charge in [-0.3, -0.25) is 14.6 Å². The van der Waals surface area contributed by atoms with Crippen LogP contribution in [-0.2, 0) is 10.0 Å². The summed E-state index contributed by atoms with van der Waals surface area (Å²) in [7, 11) is -4.09. The van der Waals surface area contributed by atoms with Crippen molar-refractivity contribution in [3.8, 4) is 11.5 Å². The zero-order valence-corrected chi connectivity index (χ0v) is 17.2. The fourth-order valence-electron chi connectivity index (χ4n) is 3.01. The van der Waals surface area contributed by atoms with Crippen LogP contribution in [-0.4, -0.2) is 37.7 Å². The number of nitrogens with one attached hydrogen (secondary N) is 3. The number of carbonyl (C=O) groups is 1. The van der Waals surface area contributed by atoms with Crippen LogP contribution >= 0.6 is 0 Å². The SMILES string of the molecule is Cc1ccc(NS(=O)(=O)c2n[nH]c(C)c2C(=O)Nc2ccc3c(c2)OCCO3)cc1. The van der Waals surface area contributed by atoms with Gasteiger partial charge in [-0.25, -0.2) is 0 Å². The molecule has 1 amide bonds. The Morgan fingerprint density at radius 2 is 1.67 bits per heavy atom. The second kappa shape index (κ2) is 7.71. The minimum Gasteiger partial charge on any atom is -0.486 e. The molecule has 4 rings (SSSR count). The molecule has 30 heavy (non-hydrogen) atoms. The number of hydrogen-bond donors (Lipinski definition) is 3. The highest BCUT2D eigenvalue weighted by Gasteiger charge is 2.28. The molecule has 3 aromatic rings. The molecule has 0 fully saturated rings. The van der Waals surface area contributed by atoms with E-state index in [0.29, 0.717) is 41.8 Å². The summed E-state index contributed by atoms with van der Waals surface area (Å²) in [5, 5.41) is 8.75. The van der Waals surface area contributed by atoms with E-state index in [2.05, 4.69) is 20.2 Å². The maximum absolute atomic E-state index is 12.9. The number of carbonyl (C=O) groups excluding carboxylic acids is 1. The molecular weight excluding hydrogens is 408 g/mol. The number of H-pyrrole nitrogens is 1. The van der Waals surface area contributed by atoms with Gasteiger partial charge in [-0.05, 0) is 38.1 Å². The van der Waals surface area contributed by atoms with Crippen LogP contribution in [0, 0.1) is 13.8 Å². The first-order valence-corrected chi connectivity index (χ1v) is 10.7. The summed E-state index contributed by atoms with van der Waals surface area (Å²) in [5.74, 6) is 0.489. The van der Waals surface area contributed by atoms with Crippen molar-refractivity contribution in [2.75, 3.05) is 23.3 Å². The van der Waals surface area contributed by atoms with E-state index in [9.17, 15) is 13.2 Å². The van der Waals surface area contributed by atoms with Crippen molar-refractivity contribution >= 4 is 27.3 Å². The lowest BCUT2D eigenvalue weighted by Crippen LogP contribution is -2.20.